The van der Waals surface area contributed by atoms with Gasteiger partial charge in [0.2, 0.25) is 5.89 Å². The van der Waals surface area contributed by atoms with Gasteiger partial charge in [-0.3, -0.25) is 4.90 Å². The predicted octanol–water partition coefficient (Wildman–Crippen LogP) is 3.16. The van der Waals surface area contributed by atoms with Gasteiger partial charge in [-0.2, -0.15) is 4.98 Å². The molecule has 22 heavy (non-hydrogen) atoms. The van der Waals surface area contributed by atoms with Crippen molar-refractivity contribution in [3.63, 3.8) is 0 Å². The minimum atomic E-state index is 0.271. The second-order valence-electron chi connectivity index (χ2n) is 5.96. The molecule has 2 heterocycles. The van der Waals surface area contributed by atoms with E-state index in [1.807, 2.05) is 18.2 Å². The van der Waals surface area contributed by atoms with Crippen LogP contribution < -0.4 is 4.74 Å². The Morgan fingerprint density at radius 3 is 3.09 bits per heavy atom. The van der Waals surface area contributed by atoms with Gasteiger partial charge in [-0.1, -0.05) is 23.7 Å². The Kier molecular flexibility index (Phi) is 4.73. The first-order valence-electron chi connectivity index (χ1n) is 7.94. The lowest BCUT2D eigenvalue weighted by atomic mass is 10.0. The second-order valence-corrected chi connectivity index (χ2v) is 5.96. The zero-order valence-corrected chi connectivity index (χ0v) is 13.3. The van der Waals surface area contributed by atoms with Crippen molar-refractivity contribution in [3.05, 3.63) is 41.5 Å². The smallest absolute Gasteiger partial charge is 0.243 e. The van der Waals surface area contributed by atoms with Crippen LogP contribution in [0.2, 0.25) is 0 Å². The molecule has 1 unspecified atom stereocenters. The van der Waals surface area contributed by atoms with Gasteiger partial charge in [0.05, 0.1) is 12.6 Å². The van der Waals surface area contributed by atoms with Gasteiger partial charge in [-0.05, 0) is 51.1 Å². The molecule has 0 radical (unpaired) electrons. The molecule has 5 heteroatoms. The van der Waals surface area contributed by atoms with Crippen molar-refractivity contribution in [3.8, 4) is 5.75 Å². The summed E-state index contributed by atoms with van der Waals surface area (Å²) < 4.78 is 11.2. The summed E-state index contributed by atoms with van der Waals surface area (Å²) in [4.78, 5) is 6.83. The van der Waals surface area contributed by atoms with E-state index in [2.05, 4.69) is 35.1 Å². The number of benzene rings is 1. The SMILES string of the molecule is Cc1cccc(OCCc2noc(C3CCCCN3C)n2)c1. The van der Waals surface area contributed by atoms with Crippen LogP contribution in [-0.2, 0) is 6.42 Å². The van der Waals surface area contributed by atoms with E-state index < -0.39 is 0 Å². The number of aromatic nitrogens is 2. The molecule has 118 valence electrons. The molecular formula is C17H23N3O2. The zero-order valence-electron chi connectivity index (χ0n) is 13.3. The summed E-state index contributed by atoms with van der Waals surface area (Å²) in [5, 5.41) is 4.08. The molecule has 2 aromatic rings. The molecule has 1 aliphatic rings. The van der Waals surface area contributed by atoms with Gasteiger partial charge >= 0.3 is 0 Å². The van der Waals surface area contributed by atoms with Gasteiger partial charge in [0.1, 0.15) is 5.75 Å². The summed E-state index contributed by atoms with van der Waals surface area (Å²) in [7, 11) is 2.12. The van der Waals surface area contributed by atoms with E-state index >= 15 is 0 Å². The fourth-order valence-electron chi connectivity index (χ4n) is 2.86. The number of likely N-dealkylation sites (tertiary alicyclic amines) is 1. The summed E-state index contributed by atoms with van der Waals surface area (Å²) >= 11 is 0. The van der Waals surface area contributed by atoms with Crippen molar-refractivity contribution < 1.29 is 9.26 Å². The Morgan fingerprint density at radius 2 is 2.27 bits per heavy atom. The Hall–Kier alpha value is -1.88. The van der Waals surface area contributed by atoms with E-state index in [-0.39, 0.29) is 6.04 Å². The van der Waals surface area contributed by atoms with Crippen LogP contribution in [0.1, 0.15) is 42.6 Å². The Balaban J connectivity index is 1.53. The first-order valence-corrected chi connectivity index (χ1v) is 7.94. The molecule has 5 nitrogen and oxygen atoms in total. The fourth-order valence-corrected chi connectivity index (χ4v) is 2.86. The number of rotatable bonds is 5. The Labute approximate surface area is 131 Å². The number of hydrogen-bond acceptors (Lipinski definition) is 5. The molecule has 1 aromatic carbocycles. The highest BCUT2D eigenvalue weighted by Crippen LogP contribution is 2.28. The van der Waals surface area contributed by atoms with Crippen molar-refractivity contribution in [2.45, 2.75) is 38.6 Å². The van der Waals surface area contributed by atoms with Gasteiger partial charge < -0.3 is 9.26 Å². The molecule has 1 saturated heterocycles. The monoisotopic (exact) mass is 301 g/mol. The number of ether oxygens (including phenoxy) is 1. The minimum absolute atomic E-state index is 0.271. The highest BCUT2D eigenvalue weighted by Gasteiger charge is 2.25. The Bertz CT molecular complexity index is 611. The number of nitrogens with zero attached hydrogens (tertiary/aromatic N) is 3. The van der Waals surface area contributed by atoms with Gasteiger partial charge in [0.25, 0.3) is 0 Å². The zero-order chi connectivity index (χ0) is 15.4. The van der Waals surface area contributed by atoms with Crippen LogP contribution in [0.15, 0.2) is 28.8 Å². The maximum absolute atomic E-state index is 5.73. The summed E-state index contributed by atoms with van der Waals surface area (Å²) in [5.41, 5.74) is 1.19. The first kappa shape index (κ1) is 15.0. The van der Waals surface area contributed by atoms with E-state index in [4.69, 9.17) is 9.26 Å². The molecule has 1 atom stereocenters. The third-order valence-electron chi connectivity index (χ3n) is 4.12. The van der Waals surface area contributed by atoms with Crippen LogP contribution >= 0.6 is 0 Å². The summed E-state index contributed by atoms with van der Waals surface area (Å²) in [6.07, 6.45) is 4.23. The molecule has 1 aromatic heterocycles. The predicted molar refractivity (Wildman–Crippen MR) is 83.9 cm³/mol. The lowest BCUT2D eigenvalue weighted by molar-refractivity contribution is 0.150. The number of piperidine rings is 1. The maximum atomic E-state index is 5.73. The molecule has 1 aliphatic heterocycles. The van der Waals surface area contributed by atoms with Crippen molar-refractivity contribution in [1.82, 2.24) is 15.0 Å². The summed E-state index contributed by atoms with van der Waals surface area (Å²) in [5.74, 6) is 2.35. The molecule has 1 fully saturated rings. The molecule has 0 aliphatic carbocycles. The highest BCUT2D eigenvalue weighted by molar-refractivity contribution is 5.27. The van der Waals surface area contributed by atoms with Crippen LogP contribution in [0.5, 0.6) is 5.75 Å². The standard InChI is InChI=1S/C17H23N3O2/c1-13-6-5-7-14(12-13)21-11-9-16-18-17(22-19-16)15-8-3-4-10-20(15)2/h5-7,12,15H,3-4,8-11H2,1-2H3. The van der Waals surface area contributed by atoms with Gasteiger partial charge in [0.15, 0.2) is 5.82 Å². The van der Waals surface area contributed by atoms with Crippen LogP contribution in [0.3, 0.4) is 0 Å². The third kappa shape index (κ3) is 3.65. The van der Waals surface area contributed by atoms with Crippen LogP contribution in [0, 0.1) is 6.92 Å². The molecular weight excluding hydrogens is 278 g/mol. The van der Waals surface area contributed by atoms with Crippen molar-refractivity contribution in [1.29, 1.82) is 0 Å². The second kappa shape index (κ2) is 6.92. The van der Waals surface area contributed by atoms with Gasteiger partial charge in [0, 0.05) is 6.42 Å². The Morgan fingerprint density at radius 1 is 1.36 bits per heavy atom. The molecule has 0 bridgehead atoms. The number of hydrogen-bond donors (Lipinski definition) is 0. The number of aryl methyl sites for hydroxylation is 1. The van der Waals surface area contributed by atoms with E-state index in [9.17, 15) is 0 Å². The van der Waals surface area contributed by atoms with E-state index in [1.54, 1.807) is 0 Å². The van der Waals surface area contributed by atoms with Crippen molar-refractivity contribution >= 4 is 0 Å². The first-order chi connectivity index (χ1) is 10.7. The maximum Gasteiger partial charge on any atom is 0.243 e. The topological polar surface area (TPSA) is 51.4 Å². The lowest BCUT2D eigenvalue weighted by Gasteiger charge is -2.29. The van der Waals surface area contributed by atoms with E-state index in [0.717, 1.165) is 30.4 Å². The van der Waals surface area contributed by atoms with Gasteiger partial charge in [-0.15, -0.1) is 0 Å². The molecule has 0 amide bonds. The quantitative estimate of drug-likeness (QED) is 0.849. The van der Waals surface area contributed by atoms with E-state index in [0.29, 0.717) is 13.0 Å². The minimum Gasteiger partial charge on any atom is -0.493 e. The third-order valence-corrected chi connectivity index (χ3v) is 4.12. The molecule has 0 N–H and O–H groups in total. The largest absolute Gasteiger partial charge is 0.493 e. The normalized spacial score (nSPS) is 19.3. The molecule has 3 rings (SSSR count). The molecule has 0 spiro atoms. The van der Waals surface area contributed by atoms with Crippen LogP contribution in [-0.4, -0.2) is 35.2 Å². The fraction of sp³-hybridized carbons (Fsp3) is 0.529. The average molecular weight is 301 g/mol. The van der Waals surface area contributed by atoms with Crippen LogP contribution in [0.4, 0.5) is 0 Å². The summed E-state index contributed by atoms with van der Waals surface area (Å²) in [6.45, 7) is 3.71. The van der Waals surface area contributed by atoms with Gasteiger partial charge in [-0.25, -0.2) is 0 Å². The molecule has 0 saturated carbocycles. The average Bonchev–Trinajstić information content (AvgIpc) is 2.96. The van der Waals surface area contributed by atoms with Crippen molar-refractivity contribution in [2.24, 2.45) is 0 Å². The van der Waals surface area contributed by atoms with E-state index in [1.165, 1.54) is 18.4 Å². The van der Waals surface area contributed by atoms with Crippen molar-refractivity contribution in [2.75, 3.05) is 20.2 Å². The lowest BCUT2D eigenvalue weighted by Crippen LogP contribution is -2.29. The highest BCUT2D eigenvalue weighted by atomic mass is 16.5. The summed E-state index contributed by atoms with van der Waals surface area (Å²) in [6, 6.07) is 8.31. The van der Waals surface area contributed by atoms with Crippen LogP contribution in [0.25, 0.3) is 0 Å².